The number of aromatic hydroxyl groups is 1. The fourth-order valence-corrected chi connectivity index (χ4v) is 4.67. The van der Waals surface area contributed by atoms with Gasteiger partial charge in [0.2, 0.25) is 0 Å². The summed E-state index contributed by atoms with van der Waals surface area (Å²) in [6, 6.07) is 4.95. The standard InChI is InChI=1S/C20H16O6/c21-11-3-1-2-9-8(4-6-12(22)14(9)11)10-5-7-13(23)16-15(10)17(24)19-20(26-19)18(16)25/h1-3,7-8,10,19-21,23H,4-6H2/t8-,10?,19-,20+/m0/s1. The average Bonchev–Trinajstić information content (AvgIpc) is 3.42. The molecule has 1 saturated heterocycles. The first-order chi connectivity index (χ1) is 12.5. The molecule has 0 spiro atoms. The molecule has 1 heterocycles. The van der Waals surface area contributed by atoms with Crippen LogP contribution in [0, 0.1) is 5.92 Å². The Morgan fingerprint density at radius 1 is 1.00 bits per heavy atom. The van der Waals surface area contributed by atoms with Gasteiger partial charge in [-0.2, -0.15) is 0 Å². The molecule has 1 fully saturated rings. The summed E-state index contributed by atoms with van der Waals surface area (Å²) in [6.45, 7) is 0. The van der Waals surface area contributed by atoms with Crippen LogP contribution in [0.1, 0.15) is 41.1 Å². The minimum absolute atomic E-state index is 0.0581. The van der Waals surface area contributed by atoms with Crippen LogP contribution in [0.5, 0.6) is 5.75 Å². The van der Waals surface area contributed by atoms with Crippen LogP contribution in [0.2, 0.25) is 0 Å². The summed E-state index contributed by atoms with van der Waals surface area (Å²) in [5, 5.41) is 20.3. The molecule has 132 valence electrons. The third-order valence-corrected chi connectivity index (χ3v) is 5.90. The number of aliphatic hydroxyl groups is 1. The third-order valence-electron chi connectivity index (χ3n) is 5.90. The number of ether oxygens (including phenoxy) is 1. The van der Waals surface area contributed by atoms with Crippen LogP contribution in [0.15, 0.2) is 41.2 Å². The van der Waals surface area contributed by atoms with E-state index in [0.717, 1.165) is 0 Å². The first-order valence-corrected chi connectivity index (χ1v) is 8.71. The van der Waals surface area contributed by atoms with Gasteiger partial charge in [-0.05, 0) is 42.4 Å². The fraction of sp³-hybridized carbons (Fsp3) is 0.350. The van der Waals surface area contributed by atoms with Gasteiger partial charge in [0.15, 0.2) is 29.6 Å². The lowest BCUT2D eigenvalue weighted by molar-refractivity contribution is -0.121. The predicted octanol–water partition coefficient (Wildman–Crippen LogP) is 2.13. The molecule has 3 aliphatic carbocycles. The summed E-state index contributed by atoms with van der Waals surface area (Å²) < 4.78 is 5.21. The van der Waals surface area contributed by atoms with E-state index in [0.29, 0.717) is 29.5 Å². The molecular weight excluding hydrogens is 336 g/mol. The highest BCUT2D eigenvalue weighted by atomic mass is 16.6. The highest BCUT2D eigenvalue weighted by molar-refractivity contribution is 6.21. The van der Waals surface area contributed by atoms with Crippen molar-refractivity contribution in [2.45, 2.75) is 37.4 Å². The van der Waals surface area contributed by atoms with Gasteiger partial charge in [-0.25, -0.2) is 0 Å². The number of benzene rings is 1. The molecule has 4 aliphatic rings. The predicted molar refractivity (Wildman–Crippen MR) is 88.9 cm³/mol. The number of phenols is 1. The molecule has 4 atom stereocenters. The van der Waals surface area contributed by atoms with Crippen LogP contribution in [-0.4, -0.2) is 39.8 Å². The van der Waals surface area contributed by atoms with Crippen LogP contribution in [0.4, 0.5) is 0 Å². The number of hydrogen-bond acceptors (Lipinski definition) is 6. The number of carbonyl (C=O) groups is 3. The van der Waals surface area contributed by atoms with E-state index in [9.17, 15) is 24.6 Å². The van der Waals surface area contributed by atoms with Gasteiger partial charge in [0.25, 0.3) is 0 Å². The molecular formula is C20H16O6. The molecule has 5 rings (SSSR count). The van der Waals surface area contributed by atoms with Gasteiger partial charge in [0.1, 0.15) is 11.5 Å². The van der Waals surface area contributed by atoms with Crippen LogP contribution >= 0.6 is 0 Å². The molecule has 1 aromatic carbocycles. The molecule has 6 nitrogen and oxygen atoms in total. The number of Topliss-reactive ketones (excluding diaryl/α,β-unsaturated/α-hetero) is 3. The lowest BCUT2D eigenvalue weighted by Gasteiger charge is -2.36. The van der Waals surface area contributed by atoms with Gasteiger partial charge in [-0.15, -0.1) is 0 Å². The van der Waals surface area contributed by atoms with Gasteiger partial charge in [0.05, 0.1) is 11.1 Å². The molecule has 0 bridgehead atoms. The van der Waals surface area contributed by atoms with Gasteiger partial charge in [-0.3, -0.25) is 14.4 Å². The molecule has 0 saturated carbocycles. The molecule has 1 aromatic rings. The first kappa shape index (κ1) is 15.5. The van der Waals surface area contributed by atoms with Crippen molar-refractivity contribution in [1.29, 1.82) is 0 Å². The number of phenolic OH excluding ortho intramolecular Hbond substituents is 1. The van der Waals surface area contributed by atoms with Crippen LogP contribution in [0.25, 0.3) is 0 Å². The van der Waals surface area contributed by atoms with Crippen molar-refractivity contribution >= 4 is 17.3 Å². The number of ketones is 3. The second-order valence-electron chi connectivity index (χ2n) is 7.24. The monoisotopic (exact) mass is 352 g/mol. The van der Waals surface area contributed by atoms with Crippen molar-refractivity contribution in [2.24, 2.45) is 5.92 Å². The summed E-state index contributed by atoms with van der Waals surface area (Å²) in [4.78, 5) is 37.6. The summed E-state index contributed by atoms with van der Waals surface area (Å²) >= 11 is 0. The number of allylic oxidation sites excluding steroid dienone is 2. The third kappa shape index (κ3) is 1.93. The van der Waals surface area contributed by atoms with Crippen LogP contribution in [-0.2, 0) is 14.3 Å². The summed E-state index contributed by atoms with van der Waals surface area (Å²) in [7, 11) is 0. The van der Waals surface area contributed by atoms with Gasteiger partial charge in [-0.1, -0.05) is 12.1 Å². The molecule has 0 amide bonds. The molecule has 0 radical (unpaired) electrons. The quantitative estimate of drug-likeness (QED) is 0.751. The molecule has 0 aromatic heterocycles. The summed E-state index contributed by atoms with van der Waals surface area (Å²) in [5.74, 6) is -1.43. The zero-order valence-corrected chi connectivity index (χ0v) is 13.8. The van der Waals surface area contributed by atoms with Crippen molar-refractivity contribution in [3.63, 3.8) is 0 Å². The molecule has 2 N–H and O–H groups in total. The SMILES string of the molecule is O=C1CC[C@H](C2CC=C(O)C3=C2C(=O)[C@@H]2O[C@@H]2C3=O)c2cccc(O)c21. The lowest BCUT2D eigenvalue weighted by Crippen LogP contribution is -2.36. The zero-order valence-electron chi connectivity index (χ0n) is 13.8. The molecule has 1 unspecified atom stereocenters. The summed E-state index contributed by atoms with van der Waals surface area (Å²) in [6.07, 6.45) is 1.27. The van der Waals surface area contributed by atoms with E-state index < -0.39 is 12.2 Å². The van der Waals surface area contributed by atoms with Crippen molar-refractivity contribution < 1.29 is 29.3 Å². The Kier molecular flexibility index (Phi) is 3.07. The minimum atomic E-state index is -0.764. The second-order valence-corrected chi connectivity index (χ2v) is 7.24. The molecule has 26 heavy (non-hydrogen) atoms. The van der Waals surface area contributed by atoms with E-state index >= 15 is 0 Å². The number of epoxide rings is 1. The number of carbonyl (C=O) groups excluding carboxylic acids is 3. The van der Waals surface area contributed by atoms with Crippen molar-refractivity contribution in [2.75, 3.05) is 0 Å². The first-order valence-electron chi connectivity index (χ1n) is 8.71. The lowest BCUT2D eigenvalue weighted by atomic mass is 9.66. The smallest absolute Gasteiger partial charge is 0.198 e. The second kappa shape index (κ2) is 5.14. The maximum atomic E-state index is 12.8. The van der Waals surface area contributed by atoms with Gasteiger partial charge >= 0.3 is 0 Å². The van der Waals surface area contributed by atoms with E-state index in [1.165, 1.54) is 6.07 Å². The maximum absolute atomic E-state index is 12.8. The Morgan fingerprint density at radius 2 is 1.77 bits per heavy atom. The molecule has 1 aliphatic heterocycles. The van der Waals surface area contributed by atoms with Crippen LogP contribution in [0.3, 0.4) is 0 Å². The Bertz CT molecular complexity index is 953. The fourth-order valence-electron chi connectivity index (χ4n) is 4.67. The van der Waals surface area contributed by atoms with Crippen molar-refractivity contribution in [3.8, 4) is 5.75 Å². The number of rotatable bonds is 1. The van der Waals surface area contributed by atoms with Crippen molar-refractivity contribution in [3.05, 3.63) is 52.3 Å². The average molecular weight is 352 g/mol. The highest BCUT2D eigenvalue weighted by Gasteiger charge is 2.59. The Hall–Kier alpha value is -2.73. The topological polar surface area (TPSA) is 104 Å². The normalized spacial score (nSPS) is 32.6. The van der Waals surface area contributed by atoms with Gasteiger partial charge < -0.3 is 14.9 Å². The van der Waals surface area contributed by atoms with Crippen LogP contribution < -0.4 is 0 Å². The van der Waals surface area contributed by atoms with Gasteiger partial charge in [0, 0.05) is 12.0 Å². The maximum Gasteiger partial charge on any atom is 0.198 e. The highest BCUT2D eigenvalue weighted by Crippen LogP contribution is 2.50. The Morgan fingerprint density at radius 3 is 2.58 bits per heavy atom. The Balaban J connectivity index is 1.65. The van der Waals surface area contributed by atoms with E-state index in [-0.39, 0.29) is 52.7 Å². The number of fused-ring (bicyclic) bond motifs is 2. The number of hydrogen-bond donors (Lipinski definition) is 2. The summed E-state index contributed by atoms with van der Waals surface area (Å²) in [5.41, 5.74) is 1.40. The van der Waals surface area contributed by atoms with E-state index in [1.54, 1.807) is 18.2 Å². The van der Waals surface area contributed by atoms with Crippen molar-refractivity contribution in [1.82, 2.24) is 0 Å². The number of aliphatic hydroxyl groups excluding tert-OH is 1. The zero-order chi connectivity index (χ0) is 18.2. The van der Waals surface area contributed by atoms with E-state index in [1.807, 2.05) is 0 Å². The van der Waals surface area contributed by atoms with E-state index in [4.69, 9.17) is 4.74 Å². The Labute approximate surface area is 148 Å². The van der Waals surface area contributed by atoms with E-state index in [2.05, 4.69) is 0 Å². The minimum Gasteiger partial charge on any atom is -0.508 e. The largest absolute Gasteiger partial charge is 0.508 e. The molecule has 6 heteroatoms.